The number of halogens is 1. The SMILES string of the molecule is CCOC(=O)c1c(NC(=O)CSc2nc(-c3ccc(Cl)cc3)cs2)sc(C)c1C. The quantitative estimate of drug-likeness (QED) is 0.339. The number of aromatic nitrogens is 1. The number of ether oxygens (including phenoxy) is 1. The minimum atomic E-state index is -0.412. The lowest BCUT2D eigenvalue weighted by molar-refractivity contribution is -0.113. The molecule has 1 amide bonds. The van der Waals surface area contributed by atoms with E-state index in [-0.39, 0.29) is 18.3 Å². The molecular formula is C20H19ClN2O3S3. The fourth-order valence-electron chi connectivity index (χ4n) is 2.53. The van der Waals surface area contributed by atoms with Crippen LogP contribution in [0, 0.1) is 13.8 Å². The Hall–Kier alpha value is -1.87. The van der Waals surface area contributed by atoms with Crippen molar-refractivity contribution in [2.45, 2.75) is 25.1 Å². The molecule has 3 rings (SSSR count). The molecule has 0 aliphatic heterocycles. The maximum absolute atomic E-state index is 12.4. The number of carbonyl (C=O) groups excluding carboxylic acids is 2. The molecule has 5 nitrogen and oxygen atoms in total. The summed E-state index contributed by atoms with van der Waals surface area (Å²) in [6.07, 6.45) is 0. The van der Waals surface area contributed by atoms with Crippen molar-refractivity contribution in [1.82, 2.24) is 4.98 Å². The third kappa shape index (κ3) is 5.39. The molecular weight excluding hydrogens is 448 g/mol. The van der Waals surface area contributed by atoms with E-state index in [9.17, 15) is 9.59 Å². The van der Waals surface area contributed by atoms with Crippen LogP contribution >= 0.6 is 46.0 Å². The number of amides is 1. The zero-order valence-corrected chi connectivity index (χ0v) is 19.3. The van der Waals surface area contributed by atoms with Gasteiger partial charge >= 0.3 is 5.97 Å². The van der Waals surface area contributed by atoms with Crippen LogP contribution in [0.2, 0.25) is 5.02 Å². The molecule has 1 aromatic carbocycles. The lowest BCUT2D eigenvalue weighted by Crippen LogP contribution is -2.16. The second-order valence-corrected chi connectivity index (χ2v) is 9.79. The highest BCUT2D eigenvalue weighted by Gasteiger charge is 2.22. The molecule has 1 N–H and O–H groups in total. The summed E-state index contributed by atoms with van der Waals surface area (Å²) < 4.78 is 5.92. The number of thioether (sulfide) groups is 1. The Bertz CT molecular complexity index is 1030. The first-order valence-electron chi connectivity index (χ1n) is 8.80. The Morgan fingerprint density at radius 3 is 2.66 bits per heavy atom. The third-order valence-electron chi connectivity index (χ3n) is 4.07. The summed E-state index contributed by atoms with van der Waals surface area (Å²) in [5, 5.41) is 6.01. The van der Waals surface area contributed by atoms with Crippen molar-refractivity contribution in [1.29, 1.82) is 0 Å². The van der Waals surface area contributed by atoms with Gasteiger partial charge in [-0.05, 0) is 38.5 Å². The fraction of sp³-hybridized carbons (Fsp3) is 0.250. The van der Waals surface area contributed by atoms with E-state index in [1.807, 2.05) is 43.5 Å². The van der Waals surface area contributed by atoms with Gasteiger partial charge in [-0.15, -0.1) is 22.7 Å². The fourth-order valence-corrected chi connectivity index (χ4v) is 5.36. The molecule has 0 aliphatic carbocycles. The van der Waals surface area contributed by atoms with Gasteiger partial charge < -0.3 is 10.1 Å². The normalized spacial score (nSPS) is 10.8. The topological polar surface area (TPSA) is 68.3 Å². The summed E-state index contributed by atoms with van der Waals surface area (Å²) in [5.74, 6) is -0.402. The molecule has 0 atom stereocenters. The van der Waals surface area contributed by atoms with Gasteiger partial charge in [0.25, 0.3) is 0 Å². The Morgan fingerprint density at radius 2 is 1.97 bits per heavy atom. The lowest BCUT2D eigenvalue weighted by atomic mass is 10.1. The van der Waals surface area contributed by atoms with Gasteiger partial charge in [-0.1, -0.05) is 35.5 Å². The largest absolute Gasteiger partial charge is 0.462 e. The van der Waals surface area contributed by atoms with Crippen molar-refractivity contribution in [2.24, 2.45) is 0 Å². The Morgan fingerprint density at radius 1 is 1.24 bits per heavy atom. The van der Waals surface area contributed by atoms with Gasteiger partial charge in [0.2, 0.25) is 5.91 Å². The number of nitrogens with one attached hydrogen (secondary N) is 1. The predicted octanol–water partition coefficient (Wildman–Crippen LogP) is 6.05. The number of thiazole rings is 1. The lowest BCUT2D eigenvalue weighted by Gasteiger charge is -2.06. The van der Waals surface area contributed by atoms with Crippen molar-refractivity contribution in [3.63, 3.8) is 0 Å². The zero-order chi connectivity index (χ0) is 21.0. The standard InChI is InChI=1S/C20H19ClN2O3S3/c1-4-26-19(25)17-11(2)12(3)29-18(17)23-16(24)10-28-20-22-15(9-27-20)13-5-7-14(21)8-6-13/h5-9H,4,10H2,1-3H3,(H,23,24). The summed E-state index contributed by atoms with van der Waals surface area (Å²) in [5.41, 5.74) is 3.10. The zero-order valence-electron chi connectivity index (χ0n) is 16.1. The van der Waals surface area contributed by atoms with E-state index in [0.29, 0.717) is 15.6 Å². The number of benzene rings is 1. The van der Waals surface area contributed by atoms with Gasteiger partial charge in [-0.3, -0.25) is 4.79 Å². The Kier molecular flexibility index (Phi) is 7.34. The summed E-state index contributed by atoms with van der Waals surface area (Å²) >= 11 is 10.1. The van der Waals surface area contributed by atoms with Crippen molar-refractivity contribution >= 4 is 62.9 Å². The van der Waals surface area contributed by atoms with Gasteiger partial charge in [0.15, 0.2) is 4.34 Å². The highest BCUT2D eigenvalue weighted by atomic mass is 35.5. The molecule has 0 spiro atoms. The number of esters is 1. The highest BCUT2D eigenvalue weighted by Crippen LogP contribution is 2.34. The van der Waals surface area contributed by atoms with Gasteiger partial charge in [0, 0.05) is 20.8 Å². The van der Waals surface area contributed by atoms with Crippen LogP contribution in [-0.2, 0) is 9.53 Å². The molecule has 2 aromatic heterocycles. The first kappa shape index (κ1) is 21.8. The number of aryl methyl sites for hydroxylation is 1. The highest BCUT2D eigenvalue weighted by molar-refractivity contribution is 8.01. The summed E-state index contributed by atoms with van der Waals surface area (Å²) in [4.78, 5) is 30.2. The molecule has 29 heavy (non-hydrogen) atoms. The van der Waals surface area contributed by atoms with Gasteiger partial charge in [0.05, 0.1) is 23.6 Å². The van der Waals surface area contributed by atoms with E-state index < -0.39 is 5.97 Å². The predicted molar refractivity (Wildman–Crippen MR) is 122 cm³/mol. The summed E-state index contributed by atoms with van der Waals surface area (Å²) in [6.45, 7) is 5.82. The molecule has 9 heteroatoms. The Labute approximate surface area is 186 Å². The van der Waals surface area contributed by atoms with Crippen LogP contribution in [0.3, 0.4) is 0 Å². The van der Waals surface area contributed by atoms with E-state index in [1.54, 1.807) is 6.92 Å². The second kappa shape index (κ2) is 9.75. The van der Waals surface area contributed by atoms with E-state index >= 15 is 0 Å². The molecule has 0 aliphatic rings. The molecule has 0 unspecified atom stereocenters. The number of rotatable bonds is 7. The number of hydrogen-bond donors (Lipinski definition) is 1. The van der Waals surface area contributed by atoms with Crippen LogP contribution in [0.15, 0.2) is 34.0 Å². The van der Waals surface area contributed by atoms with Crippen LogP contribution < -0.4 is 5.32 Å². The average Bonchev–Trinajstić information content (AvgIpc) is 3.26. The number of anilines is 1. The number of thiophene rings is 1. The average molecular weight is 467 g/mol. The van der Waals surface area contributed by atoms with Crippen LogP contribution in [0.1, 0.15) is 27.7 Å². The van der Waals surface area contributed by atoms with Crippen molar-refractivity contribution < 1.29 is 14.3 Å². The smallest absolute Gasteiger partial charge is 0.341 e. The van der Waals surface area contributed by atoms with E-state index in [2.05, 4.69) is 10.3 Å². The Balaban J connectivity index is 1.63. The number of nitrogens with zero attached hydrogens (tertiary/aromatic N) is 1. The molecule has 3 aromatic rings. The molecule has 0 saturated heterocycles. The van der Waals surface area contributed by atoms with Gasteiger partial charge in [0.1, 0.15) is 5.00 Å². The van der Waals surface area contributed by atoms with Gasteiger partial charge in [-0.25, -0.2) is 9.78 Å². The van der Waals surface area contributed by atoms with Crippen LogP contribution in [0.25, 0.3) is 11.3 Å². The van der Waals surface area contributed by atoms with E-state index in [0.717, 1.165) is 26.0 Å². The maximum Gasteiger partial charge on any atom is 0.341 e. The van der Waals surface area contributed by atoms with E-state index in [4.69, 9.17) is 16.3 Å². The third-order valence-corrected chi connectivity index (χ3v) is 7.46. The van der Waals surface area contributed by atoms with Crippen LogP contribution in [0.4, 0.5) is 5.00 Å². The van der Waals surface area contributed by atoms with Crippen LogP contribution in [0.5, 0.6) is 0 Å². The van der Waals surface area contributed by atoms with Crippen molar-refractivity contribution in [3.05, 3.63) is 50.7 Å². The maximum atomic E-state index is 12.4. The molecule has 0 bridgehead atoms. The monoisotopic (exact) mass is 466 g/mol. The first-order chi connectivity index (χ1) is 13.9. The minimum absolute atomic E-state index is 0.190. The van der Waals surface area contributed by atoms with Crippen molar-refractivity contribution in [2.75, 3.05) is 17.7 Å². The molecule has 0 fully saturated rings. The van der Waals surface area contributed by atoms with Gasteiger partial charge in [-0.2, -0.15) is 0 Å². The minimum Gasteiger partial charge on any atom is -0.462 e. The first-order valence-corrected chi connectivity index (χ1v) is 11.9. The van der Waals surface area contributed by atoms with Crippen molar-refractivity contribution in [3.8, 4) is 11.3 Å². The second-order valence-electron chi connectivity index (χ2n) is 6.05. The molecule has 0 saturated carbocycles. The number of hydrogen-bond acceptors (Lipinski definition) is 7. The molecule has 0 radical (unpaired) electrons. The number of carbonyl (C=O) groups is 2. The van der Waals surface area contributed by atoms with Crippen LogP contribution in [-0.4, -0.2) is 29.2 Å². The molecule has 2 heterocycles. The molecule has 152 valence electrons. The summed E-state index contributed by atoms with van der Waals surface area (Å²) in [6, 6.07) is 7.47. The summed E-state index contributed by atoms with van der Waals surface area (Å²) in [7, 11) is 0. The van der Waals surface area contributed by atoms with E-state index in [1.165, 1.54) is 34.4 Å².